The number of halogens is 1. The Kier molecular flexibility index (Phi) is 5.16. The molecule has 1 atom stereocenters. The van der Waals surface area contributed by atoms with E-state index >= 15 is 0 Å². The molecule has 0 aliphatic rings. The number of benzene rings is 1. The zero-order chi connectivity index (χ0) is 13.1. The van der Waals surface area contributed by atoms with E-state index in [0.717, 1.165) is 4.47 Å². The van der Waals surface area contributed by atoms with Gasteiger partial charge in [0.05, 0.1) is 4.90 Å². The van der Waals surface area contributed by atoms with Gasteiger partial charge in [0.2, 0.25) is 10.0 Å². The summed E-state index contributed by atoms with van der Waals surface area (Å²) in [5, 5.41) is 0. The normalized spacial score (nSPS) is 13.9. The van der Waals surface area contributed by atoms with Crippen molar-refractivity contribution in [1.29, 1.82) is 0 Å². The molecule has 0 spiro atoms. The lowest BCUT2D eigenvalue weighted by Crippen LogP contribution is -2.30. The fourth-order valence-electron chi connectivity index (χ4n) is 1.17. The van der Waals surface area contributed by atoms with Crippen molar-refractivity contribution in [2.75, 3.05) is 6.54 Å². The minimum atomic E-state index is -3.38. The van der Waals surface area contributed by atoms with Crippen LogP contribution in [0.1, 0.15) is 20.8 Å². The third kappa shape index (κ3) is 4.41. The molecule has 0 saturated carbocycles. The lowest BCUT2D eigenvalue weighted by atomic mass is 9.99. The highest BCUT2D eigenvalue weighted by atomic mass is 79.9. The zero-order valence-electron chi connectivity index (χ0n) is 10.3. The van der Waals surface area contributed by atoms with Crippen LogP contribution in [0.5, 0.6) is 0 Å². The van der Waals surface area contributed by atoms with Crippen molar-refractivity contribution >= 4 is 26.0 Å². The molecule has 1 unspecified atom stereocenters. The Bertz CT molecular complexity index is 454. The number of hydrogen-bond donors (Lipinski definition) is 1. The third-order valence-corrected chi connectivity index (χ3v) is 4.83. The van der Waals surface area contributed by atoms with Crippen LogP contribution in [0.25, 0.3) is 0 Å². The topological polar surface area (TPSA) is 46.2 Å². The molecule has 0 fully saturated rings. The van der Waals surface area contributed by atoms with Gasteiger partial charge in [-0.2, -0.15) is 0 Å². The molecule has 17 heavy (non-hydrogen) atoms. The van der Waals surface area contributed by atoms with Gasteiger partial charge >= 0.3 is 0 Å². The third-order valence-electron chi connectivity index (χ3n) is 2.86. The molecule has 0 aromatic heterocycles. The van der Waals surface area contributed by atoms with Gasteiger partial charge in [0.15, 0.2) is 0 Å². The summed E-state index contributed by atoms with van der Waals surface area (Å²) in [4.78, 5) is 0.302. The van der Waals surface area contributed by atoms with E-state index in [9.17, 15) is 8.42 Å². The average molecular weight is 320 g/mol. The summed E-state index contributed by atoms with van der Waals surface area (Å²) in [6.07, 6.45) is 0. The van der Waals surface area contributed by atoms with Crippen LogP contribution in [0.4, 0.5) is 0 Å². The fraction of sp³-hybridized carbons (Fsp3) is 0.500. The lowest BCUT2D eigenvalue weighted by Gasteiger charge is -2.16. The fourth-order valence-corrected chi connectivity index (χ4v) is 2.58. The number of nitrogens with one attached hydrogen (secondary N) is 1. The van der Waals surface area contributed by atoms with E-state index in [-0.39, 0.29) is 0 Å². The van der Waals surface area contributed by atoms with Crippen molar-refractivity contribution in [2.24, 2.45) is 11.8 Å². The van der Waals surface area contributed by atoms with Crippen molar-refractivity contribution in [3.05, 3.63) is 28.7 Å². The lowest BCUT2D eigenvalue weighted by molar-refractivity contribution is 0.414. The molecule has 0 heterocycles. The molecule has 0 aliphatic heterocycles. The first-order valence-corrected chi connectivity index (χ1v) is 7.86. The van der Waals surface area contributed by atoms with E-state index in [0.29, 0.717) is 23.3 Å². The van der Waals surface area contributed by atoms with Gasteiger partial charge in [0.1, 0.15) is 0 Å². The predicted octanol–water partition coefficient (Wildman–Crippen LogP) is 3.02. The molecule has 0 bridgehead atoms. The van der Waals surface area contributed by atoms with E-state index in [1.54, 1.807) is 24.3 Å². The summed E-state index contributed by atoms with van der Waals surface area (Å²) in [5.41, 5.74) is 0. The average Bonchev–Trinajstić information content (AvgIpc) is 2.26. The predicted molar refractivity (Wildman–Crippen MR) is 73.3 cm³/mol. The SMILES string of the molecule is CC(C)C(C)CNS(=O)(=O)c1ccc(Br)cc1. The maximum atomic E-state index is 11.9. The maximum absolute atomic E-state index is 11.9. The second-order valence-electron chi connectivity index (χ2n) is 4.53. The van der Waals surface area contributed by atoms with Crippen molar-refractivity contribution < 1.29 is 8.42 Å². The molecule has 0 saturated heterocycles. The Labute approximate surface area is 112 Å². The van der Waals surface area contributed by atoms with Gasteiger partial charge in [-0.25, -0.2) is 13.1 Å². The molecule has 0 aliphatic carbocycles. The number of sulfonamides is 1. The summed E-state index contributed by atoms with van der Waals surface area (Å²) in [7, 11) is -3.38. The van der Waals surface area contributed by atoms with Crippen LogP contribution in [0.15, 0.2) is 33.6 Å². The molecule has 0 radical (unpaired) electrons. The Hall–Kier alpha value is -0.390. The highest BCUT2D eigenvalue weighted by molar-refractivity contribution is 9.10. The first-order valence-electron chi connectivity index (χ1n) is 5.58. The van der Waals surface area contributed by atoms with Crippen molar-refractivity contribution in [3.8, 4) is 0 Å². The van der Waals surface area contributed by atoms with Crippen LogP contribution in [0.3, 0.4) is 0 Å². The molecule has 1 N–H and O–H groups in total. The van der Waals surface area contributed by atoms with Gasteiger partial charge in [-0.05, 0) is 36.1 Å². The first kappa shape index (κ1) is 14.7. The minimum Gasteiger partial charge on any atom is -0.211 e. The van der Waals surface area contributed by atoms with E-state index in [1.165, 1.54) is 0 Å². The Morgan fingerprint density at radius 1 is 1.18 bits per heavy atom. The first-order chi connectivity index (χ1) is 7.83. The molecule has 5 heteroatoms. The largest absolute Gasteiger partial charge is 0.240 e. The smallest absolute Gasteiger partial charge is 0.211 e. The second kappa shape index (κ2) is 5.98. The Morgan fingerprint density at radius 3 is 2.18 bits per heavy atom. The summed E-state index contributed by atoms with van der Waals surface area (Å²) < 4.78 is 27.4. The van der Waals surface area contributed by atoms with Gasteiger partial charge < -0.3 is 0 Å². The summed E-state index contributed by atoms with van der Waals surface area (Å²) >= 11 is 3.28. The van der Waals surface area contributed by atoms with Crippen LogP contribution < -0.4 is 4.72 Å². The molecular weight excluding hydrogens is 302 g/mol. The highest BCUT2D eigenvalue weighted by Gasteiger charge is 2.16. The van der Waals surface area contributed by atoms with Crippen LogP contribution in [0.2, 0.25) is 0 Å². The van der Waals surface area contributed by atoms with Crippen molar-refractivity contribution in [1.82, 2.24) is 4.72 Å². The number of rotatable bonds is 5. The Balaban J connectivity index is 2.72. The summed E-state index contributed by atoms with van der Waals surface area (Å²) in [6, 6.07) is 6.62. The standard InChI is InChI=1S/C12H18BrNO2S/c1-9(2)10(3)8-14-17(15,16)12-6-4-11(13)5-7-12/h4-7,9-10,14H,8H2,1-3H3. The summed E-state index contributed by atoms with van der Waals surface area (Å²) in [5.74, 6) is 0.780. The van der Waals surface area contributed by atoms with Crippen molar-refractivity contribution in [2.45, 2.75) is 25.7 Å². The van der Waals surface area contributed by atoms with Gasteiger partial charge in [0, 0.05) is 11.0 Å². The van der Waals surface area contributed by atoms with Crippen LogP contribution in [0, 0.1) is 11.8 Å². The molecular formula is C12H18BrNO2S. The van der Waals surface area contributed by atoms with E-state index in [1.807, 2.05) is 6.92 Å². The highest BCUT2D eigenvalue weighted by Crippen LogP contribution is 2.15. The van der Waals surface area contributed by atoms with Gasteiger partial charge in [-0.1, -0.05) is 36.7 Å². The molecule has 1 aromatic carbocycles. The van der Waals surface area contributed by atoms with E-state index in [4.69, 9.17) is 0 Å². The zero-order valence-corrected chi connectivity index (χ0v) is 12.7. The Morgan fingerprint density at radius 2 is 1.71 bits per heavy atom. The van der Waals surface area contributed by atoms with Crippen LogP contribution in [-0.4, -0.2) is 15.0 Å². The summed E-state index contributed by atoms with van der Waals surface area (Å²) in [6.45, 7) is 6.67. The molecule has 3 nitrogen and oxygen atoms in total. The van der Waals surface area contributed by atoms with Crippen molar-refractivity contribution in [3.63, 3.8) is 0 Å². The van der Waals surface area contributed by atoms with E-state index in [2.05, 4.69) is 34.5 Å². The monoisotopic (exact) mass is 319 g/mol. The van der Waals surface area contributed by atoms with Crippen LogP contribution in [-0.2, 0) is 10.0 Å². The minimum absolute atomic E-state index is 0.302. The molecule has 96 valence electrons. The number of hydrogen-bond acceptors (Lipinski definition) is 2. The molecule has 0 amide bonds. The van der Waals surface area contributed by atoms with Crippen LogP contribution >= 0.6 is 15.9 Å². The van der Waals surface area contributed by atoms with Gasteiger partial charge in [0.25, 0.3) is 0 Å². The van der Waals surface area contributed by atoms with E-state index < -0.39 is 10.0 Å². The second-order valence-corrected chi connectivity index (χ2v) is 7.21. The quantitative estimate of drug-likeness (QED) is 0.906. The van der Waals surface area contributed by atoms with Gasteiger partial charge in [-0.15, -0.1) is 0 Å². The molecule has 1 rings (SSSR count). The maximum Gasteiger partial charge on any atom is 0.240 e. The molecule has 1 aromatic rings. The van der Waals surface area contributed by atoms with Gasteiger partial charge in [-0.3, -0.25) is 0 Å².